The number of anilines is 2. The highest BCUT2D eigenvalue weighted by Crippen LogP contribution is 2.33. The minimum Gasteiger partial charge on any atom is -0.322 e. The number of nitrogens with zero attached hydrogens (tertiary/aromatic N) is 3. The van der Waals surface area contributed by atoms with Crippen LogP contribution in [-0.2, 0) is 17.4 Å². The van der Waals surface area contributed by atoms with Crippen LogP contribution in [0, 0.1) is 0 Å². The van der Waals surface area contributed by atoms with Gasteiger partial charge in [-0.2, -0.15) is 18.3 Å². The summed E-state index contributed by atoms with van der Waals surface area (Å²) < 4.78 is 40.1. The van der Waals surface area contributed by atoms with E-state index in [9.17, 15) is 22.8 Å². The minimum atomic E-state index is -4.45. The van der Waals surface area contributed by atoms with Crippen molar-refractivity contribution in [3.8, 4) is 0 Å². The molecule has 4 rings (SSSR count). The number of hydrogen-bond donors (Lipinski definition) is 1. The van der Waals surface area contributed by atoms with E-state index in [1.807, 2.05) is 37.3 Å². The highest BCUT2D eigenvalue weighted by Gasteiger charge is 2.35. The molecule has 1 aliphatic rings. The summed E-state index contributed by atoms with van der Waals surface area (Å²) in [7, 11) is 0. The first-order valence-electron chi connectivity index (χ1n) is 9.64. The van der Waals surface area contributed by atoms with Gasteiger partial charge in [0.15, 0.2) is 5.69 Å². The van der Waals surface area contributed by atoms with Crippen LogP contribution in [0.15, 0.2) is 60.8 Å². The topological polar surface area (TPSA) is 67.2 Å². The second-order valence-corrected chi connectivity index (χ2v) is 7.37. The normalized spacial score (nSPS) is 16.2. The summed E-state index contributed by atoms with van der Waals surface area (Å²) >= 11 is 0. The van der Waals surface area contributed by atoms with Crippen LogP contribution in [0.25, 0.3) is 0 Å². The second kappa shape index (κ2) is 7.90. The van der Waals surface area contributed by atoms with E-state index in [-0.39, 0.29) is 36.3 Å². The Balaban J connectivity index is 1.57. The zero-order valence-corrected chi connectivity index (χ0v) is 16.6. The summed E-state index contributed by atoms with van der Waals surface area (Å²) in [6.07, 6.45) is -2.90. The van der Waals surface area contributed by atoms with E-state index in [2.05, 4.69) is 10.4 Å². The maximum absolute atomic E-state index is 13.2. The summed E-state index contributed by atoms with van der Waals surface area (Å²) in [5.74, 6) is -0.737. The molecule has 0 unspecified atom stereocenters. The zero-order chi connectivity index (χ0) is 22.2. The van der Waals surface area contributed by atoms with Crippen LogP contribution in [0.2, 0.25) is 0 Å². The molecule has 9 heteroatoms. The van der Waals surface area contributed by atoms with Crippen molar-refractivity contribution in [2.24, 2.45) is 0 Å². The number of halogens is 3. The lowest BCUT2D eigenvalue weighted by atomic mass is 10.1. The monoisotopic (exact) mass is 428 g/mol. The first kappa shape index (κ1) is 20.6. The third kappa shape index (κ3) is 4.16. The van der Waals surface area contributed by atoms with E-state index in [1.54, 1.807) is 0 Å². The summed E-state index contributed by atoms with van der Waals surface area (Å²) in [6, 6.07) is 13.4. The van der Waals surface area contributed by atoms with E-state index in [0.717, 1.165) is 17.7 Å². The second-order valence-electron chi connectivity index (χ2n) is 7.37. The van der Waals surface area contributed by atoms with Gasteiger partial charge in [0.1, 0.15) is 0 Å². The molecule has 1 aliphatic heterocycles. The lowest BCUT2D eigenvalue weighted by Gasteiger charge is -2.32. The van der Waals surface area contributed by atoms with Gasteiger partial charge >= 0.3 is 6.18 Å². The fraction of sp³-hybridized carbons (Fsp3) is 0.227. The molecule has 0 spiro atoms. The lowest BCUT2D eigenvalue weighted by molar-refractivity contribution is -0.137. The number of nitrogens with one attached hydrogen (secondary N) is 1. The molecule has 1 N–H and O–H groups in total. The molecule has 1 atom stereocenters. The van der Waals surface area contributed by atoms with Crippen LogP contribution in [0.1, 0.15) is 34.6 Å². The van der Waals surface area contributed by atoms with E-state index < -0.39 is 17.6 Å². The summed E-state index contributed by atoms with van der Waals surface area (Å²) in [6.45, 7) is 2.09. The Bertz CT molecular complexity index is 1110. The number of amides is 2. The Morgan fingerprint density at radius 3 is 2.45 bits per heavy atom. The summed E-state index contributed by atoms with van der Waals surface area (Å²) in [4.78, 5) is 27.0. The quantitative estimate of drug-likeness (QED) is 0.674. The molecule has 0 fully saturated rings. The molecule has 0 aliphatic carbocycles. The number of fused-ring (bicyclic) bond motifs is 1. The molecule has 2 aromatic carbocycles. The SMILES string of the molecule is C[C@H]1CN(c2ccc(C(F)(F)F)cc2)C(=O)c2c(NC(=O)Cc3ccccc3)cnn21. The van der Waals surface area contributed by atoms with E-state index in [4.69, 9.17) is 0 Å². The number of aromatic nitrogens is 2. The van der Waals surface area contributed by atoms with Crippen molar-refractivity contribution in [3.05, 3.63) is 77.6 Å². The van der Waals surface area contributed by atoms with Gasteiger partial charge in [-0.1, -0.05) is 30.3 Å². The van der Waals surface area contributed by atoms with E-state index in [0.29, 0.717) is 5.69 Å². The van der Waals surface area contributed by atoms with Gasteiger partial charge in [0, 0.05) is 12.2 Å². The third-order valence-corrected chi connectivity index (χ3v) is 5.10. The van der Waals surface area contributed by atoms with Gasteiger partial charge in [0.2, 0.25) is 5.91 Å². The average molecular weight is 428 g/mol. The van der Waals surface area contributed by atoms with Crippen LogP contribution in [0.4, 0.5) is 24.5 Å². The lowest BCUT2D eigenvalue weighted by Crippen LogP contribution is -2.43. The Kier molecular flexibility index (Phi) is 5.26. The van der Waals surface area contributed by atoms with Crippen molar-refractivity contribution >= 4 is 23.2 Å². The van der Waals surface area contributed by atoms with Crippen LogP contribution < -0.4 is 10.2 Å². The molecular weight excluding hydrogens is 409 g/mol. The van der Waals surface area contributed by atoms with Crippen molar-refractivity contribution in [3.63, 3.8) is 0 Å². The first-order valence-corrected chi connectivity index (χ1v) is 9.64. The van der Waals surface area contributed by atoms with Gasteiger partial charge in [-0.25, -0.2) is 0 Å². The fourth-order valence-corrected chi connectivity index (χ4v) is 3.58. The predicted octanol–water partition coefficient (Wildman–Crippen LogP) is 4.30. The van der Waals surface area contributed by atoms with Gasteiger partial charge in [0.05, 0.1) is 29.9 Å². The molecule has 31 heavy (non-hydrogen) atoms. The molecule has 0 saturated carbocycles. The third-order valence-electron chi connectivity index (χ3n) is 5.10. The molecule has 0 bridgehead atoms. The van der Waals surface area contributed by atoms with Crippen LogP contribution in [0.3, 0.4) is 0 Å². The molecule has 0 radical (unpaired) electrons. The van der Waals surface area contributed by atoms with Crippen molar-refractivity contribution < 1.29 is 22.8 Å². The maximum atomic E-state index is 13.2. The van der Waals surface area contributed by atoms with Gasteiger partial charge in [0.25, 0.3) is 5.91 Å². The molecular formula is C22H19F3N4O2. The first-order chi connectivity index (χ1) is 14.7. The molecule has 0 saturated heterocycles. The minimum absolute atomic E-state index is 0.137. The summed E-state index contributed by atoms with van der Waals surface area (Å²) in [5, 5.41) is 6.96. The van der Waals surface area contributed by atoms with Crippen molar-refractivity contribution in [1.82, 2.24) is 9.78 Å². The Hall–Kier alpha value is -3.62. The van der Waals surface area contributed by atoms with E-state index >= 15 is 0 Å². The average Bonchev–Trinajstić information content (AvgIpc) is 3.15. The number of carbonyl (C=O) groups is 2. The molecule has 1 aromatic heterocycles. The maximum Gasteiger partial charge on any atom is 0.416 e. The van der Waals surface area contributed by atoms with Crippen molar-refractivity contribution in [2.75, 3.05) is 16.8 Å². The zero-order valence-electron chi connectivity index (χ0n) is 16.6. The molecule has 2 heterocycles. The van der Waals surface area contributed by atoms with Crippen LogP contribution >= 0.6 is 0 Å². The number of rotatable bonds is 4. The molecule has 3 aromatic rings. The fourth-order valence-electron chi connectivity index (χ4n) is 3.58. The summed E-state index contributed by atoms with van der Waals surface area (Å²) in [5.41, 5.74) is 0.855. The largest absolute Gasteiger partial charge is 0.416 e. The van der Waals surface area contributed by atoms with Gasteiger partial charge in [-0.05, 0) is 36.8 Å². The van der Waals surface area contributed by atoms with Crippen LogP contribution in [-0.4, -0.2) is 28.1 Å². The highest BCUT2D eigenvalue weighted by atomic mass is 19.4. The van der Waals surface area contributed by atoms with Gasteiger partial charge in [-0.15, -0.1) is 0 Å². The molecule has 160 valence electrons. The highest BCUT2D eigenvalue weighted by molar-refractivity contribution is 6.11. The number of benzene rings is 2. The van der Waals surface area contributed by atoms with Crippen LogP contribution in [0.5, 0.6) is 0 Å². The standard InChI is InChI=1S/C22H19F3N4O2/c1-14-13-28(17-9-7-16(8-10-17)22(23,24)25)21(31)20-18(12-26-29(14)20)27-19(30)11-15-5-3-2-4-6-15/h2-10,12,14H,11,13H2,1H3,(H,27,30)/t14-/m0/s1. The molecule has 6 nitrogen and oxygen atoms in total. The Morgan fingerprint density at radius 1 is 1.13 bits per heavy atom. The molecule has 2 amide bonds. The van der Waals surface area contributed by atoms with Gasteiger partial charge < -0.3 is 10.2 Å². The smallest absolute Gasteiger partial charge is 0.322 e. The van der Waals surface area contributed by atoms with Gasteiger partial charge in [-0.3, -0.25) is 14.3 Å². The van der Waals surface area contributed by atoms with E-state index in [1.165, 1.54) is 27.9 Å². The predicted molar refractivity (Wildman–Crippen MR) is 109 cm³/mol. The van der Waals surface area contributed by atoms with Crippen molar-refractivity contribution in [2.45, 2.75) is 25.6 Å². The van der Waals surface area contributed by atoms with Crippen molar-refractivity contribution in [1.29, 1.82) is 0 Å². The number of hydrogen-bond acceptors (Lipinski definition) is 3. The number of alkyl halides is 3. The Morgan fingerprint density at radius 2 is 1.81 bits per heavy atom. The number of carbonyl (C=O) groups excluding carboxylic acids is 2. The Labute approximate surface area is 176 Å².